The SMILES string of the molecule is Cc1cccc2sc(-n3nc(-c4ccc(F)cc4)c4c3-c3ccccc3C4=O)nc12. The highest BCUT2D eigenvalue weighted by Crippen LogP contribution is 2.43. The van der Waals surface area contributed by atoms with Crippen LogP contribution in [0.3, 0.4) is 0 Å². The predicted octanol–water partition coefficient (Wildman–Crippen LogP) is 5.81. The molecule has 1 aliphatic rings. The first-order chi connectivity index (χ1) is 14.6. The molecule has 144 valence electrons. The number of rotatable bonds is 2. The highest BCUT2D eigenvalue weighted by atomic mass is 32.1. The zero-order valence-electron chi connectivity index (χ0n) is 15.9. The van der Waals surface area contributed by atoms with Crippen molar-refractivity contribution in [2.24, 2.45) is 0 Å². The maximum Gasteiger partial charge on any atom is 0.212 e. The van der Waals surface area contributed by atoms with E-state index in [0.717, 1.165) is 27.0 Å². The number of aromatic nitrogens is 3. The van der Waals surface area contributed by atoms with Gasteiger partial charge in [0.25, 0.3) is 0 Å². The van der Waals surface area contributed by atoms with E-state index in [0.29, 0.717) is 27.5 Å². The Bertz CT molecular complexity index is 1480. The second-order valence-corrected chi connectivity index (χ2v) is 8.29. The molecule has 0 radical (unpaired) electrons. The summed E-state index contributed by atoms with van der Waals surface area (Å²) in [5, 5.41) is 5.50. The molecule has 6 heteroatoms. The number of hydrogen-bond donors (Lipinski definition) is 0. The summed E-state index contributed by atoms with van der Waals surface area (Å²) in [4.78, 5) is 18.1. The molecule has 3 aromatic carbocycles. The minimum atomic E-state index is -0.328. The second-order valence-electron chi connectivity index (χ2n) is 7.28. The minimum absolute atomic E-state index is 0.0662. The smallest absolute Gasteiger partial charge is 0.212 e. The van der Waals surface area contributed by atoms with Crippen molar-refractivity contribution in [1.29, 1.82) is 0 Å². The molecule has 30 heavy (non-hydrogen) atoms. The van der Waals surface area contributed by atoms with Crippen LogP contribution in [-0.2, 0) is 0 Å². The Labute approximate surface area is 175 Å². The Morgan fingerprint density at radius 3 is 2.47 bits per heavy atom. The molecule has 0 saturated heterocycles. The lowest BCUT2D eigenvalue weighted by atomic mass is 10.0. The summed E-state index contributed by atoms with van der Waals surface area (Å²) in [6.45, 7) is 2.03. The first-order valence-electron chi connectivity index (χ1n) is 9.51. The molecule has 1 aliphatic carbocycles. The Hall–Kier alpha value is -3.64. The zero-order valence-corrected chi connectivity index (χ0v) is 16.7. The minimum Gasteiger partial charge on any atom is -0.288 e. The van der Waals surface area contributed by atoms with E-state index < -0.39 is 0 Å². The monoisotopic (exact) mass is 411 g/mol. The number of nitrogens with zero attached hydrogens (tertiary/aromatic N) is 3. The van der Waals surface area contributed by atoms with E-state index in [4.69, 9.17) is 10.1 Å². The predicted molar refractivity (Wildman–Crippen MR) is 116 cm³/mol. The highest BCUT2D eigenvalue weighted by Gasteiger charge is 2.35. The van der Waals surface area contributed by atoms with Crippen LogP contribution < -0.4 is 0 Å². The summed E-state index contributed by atoms with van der Waals surface area (Å²) >= 11 is 1.54. The van der Waals surface area contributed by atoms with Crippen LogP contribution >= 0.6 is 11.3 Å². The van der Waals surface area contributed by atoms with Gasteiger partial charge in [-0.1, -0.05) is 47.7 Å². The number of fused-ring (bicyclic) bond motifs is 4. The Morgan fingerprint density at radius 2 is 1.70 bits per heavy atom. The number of thiazole rings is 1. The van der Waals surface area contributed by atoms with Crippen molar-refractivity contribution < 1.29 is 9.18 Å². The summed E-state index contributed by atoms with van der Waals surface area (Å²) in [5.41, 5.74) is 6.04. The first kappa shape index (κ1) is 17.2. The molecule has 0 bridgehead atoms. The van der Waals surface area contributed by atoms with Crippen LogP contribution in [0.15, 0.2) is 66.7 Å². The molecule has 5 aromatic rings. The Balaban J connectivity index is 1.67. The quantitative estimate of drug-likeness (QED) is 0.361. The van der Waals surface area contributed by atoms with Gasteiger partial charge in [0.1, 0.15) is 11.5 Å². The van der Waals surface area contributed by atoms with Gasteiger partial charge in [-0.15, -0.1) is 0 Å². The molecule has 0 unspecified atom stereocenters. The van der Waals surface area contributed by atoms with E-state index in [9.17, 15) is 9.18 Å². The van der Waals surface area contributed by atoms with Gasteiger partial charge in [0.2, 0.25) is 5.13 Å². The molecule has 0 fully saturated rings. The summed E-state index contributed by atoms with van der Waals surface area (Å²) in [7, 11) is 0. The standard InChI is InChI=1S/C24H14FN3OS/c1-13-5-4-8-18-20(13)26-24(30-18)28-22-16-6-2-3-7-17(16)23(29)19(22)21(27-28)14-9-11-15(25)12-10-14/h2-12H,1H3. The van der Waals surface area contributed by atoms with Gasteiger partial charge >= 0.3 is 0 Å². The van der Waals surface area contributed by atoms with E-state index in [-0.39, 0.29) is 11.6 Å². The fourth-order valence-corrected chi connectivity index (χ4v) is 5.02. The Morgan fingerprint density at radius 1 is 0.933 bits per heavy atom. The second kappa shape index (κ2) is 6.18. The molecule has 0 atom stereocenters. The molecule has 0 amide bonds. The maximum absolute atomic E-state index is 13.5. The first-order valence-corrected chi connectivity index (χ1v) is 10.3. The molecule has 0 spiro atoms. The lowest BCUT2D eigenvalue weighted by Gasteiger charge is -2.03. The molecule has 4 nitrogen and oxygen atoms in total. The number of ketones is 1. The summed E-state index contributed by atoms with van der Waals surface area (Å²) in [5.74, 6) is -0.394. The lowest BCUT2D eigenvalue weighted by Crippen LogP contribution is -2.00. The molecule has 0 N–H and O–H groups in total. The van der Waals surface area contributed by atoms with Crippen LogP contribution in [0.1, 0.15) is 21.5 Å². The lowest BCUT2D eigenvalue weighted by molar-refractivity contribution is 0.104. The van der Waals surface area contributed by atoms with Gasteiger partial charge in [0.05, 0.1) is 21.5 Å². The molecule has 2 heterocycles. The van der Waals surface area contributed by atoms with Gasteiger partial charge in [0.15, 0.2) is 5.78 Å². The summed E-state index contributed by atoms with van der Waals surface area (Å²) in [6, 6.07) is 19.7. The van der Waals surface area contributed by atoms with Crippen LogP contribution in [0.25, 0.3) is 37.9 Å². The van der Waals surface area contributed by atoms with Crippen LogP contribution in [-0.4, -0.2) is 20.5 Å². The molecule has 6 rings (SSSR count). The third-order valence-electron chi connectivity index (χ3n) is 5.45. The van der Waals surface area contributed by atoms with Crippen molar-refractivity contribution in [3.8, 4) is 27.6 Å². The number of hydrogen-bond acceptors (Lipinski definition) is 4. The number of aryl methyl sites for hydroxylation is 1. The van der Waals surface area contributed by atoms with E-state index in [2.05, 4.69) is 0 Å². The van der Waals surface area contributed by atoms with Crippen molar-refractivity contribution in [1.82, 2.24) is 14.8 Å². The number of carbonyl (C=O) groups is 1. The molecular weight excluding hydrogens is 397 g/mol. The van der Waals surface area contributed by atoms with Crippen molar-refractivity contribution in [2.75, 3.05) is 0 Å². The molecule has 0 saturated carbocycles. The van der Waals surface area contributed by atoms with E-state index in [1.807, 2.05) is 49.4 Å². The van der Waals surface area contributed by atoms with Gasteiger partial charge in [-0.2, -0.15) is 5.10 Å². The van der Waals surface area contributed by atoms with Crippen molar-refractivity contribution >= 4 is 27.3 Å². The fourth-order valence-electron chi connectivity index (χ4n) is 4.02. The number of carbonyl (C=O) groups excluding carboxylic acids is 1. The highest BCUT2D eigenvalue weighted by molar-refractivity contribution is 7.20. The number of benzene rings is 3. The largest absolute Gasteiger partial charge is 0.288 e. The van der Waals surface area contributed by atoms with E-state index in [1.54, 1.807) is 16.8 Å². The molecule has 0 aliphatic heterocycles. The Kier molecular flexibility index (Phi) is 3.55. The van der Waals surface area contributed by atoms with Crippen LogP contribution in [0.2, 0.25) is 0 Å². The van der Waals surface area contributed by atoms with E-state index in [1.165, 1.54) is 23.5 Å². The van der Waals surface area contributed by atoms with Crippen LogP contribution in [0.4, 0.5) is 4.39 Å². The van der Waals surface area contributed by atoms with Crippen molar-refractivity contribution in [2.45, 2.75) is 6.92 Å². The zero-order chi connectivity index (χ0) is 20.4. The summed E-state index contributed by atoms with van der Waals surface area (Å²) in [6.07, 6.45) is 0. The number of para-hydroxylation sites is 1. The molecule has 2 aromatic heterocycles. The van der Waals surface area contributed by atoms with Gasteiger partial charge in [-0.25, -0.2) is 14.1 Å². The van der Waals surface area contributed by atoms with Gasteiger partial charge in [-0.05, 0) is 42.8 Å². The van der Waals surface area contributed by atoms with Crippen molar-refractivity contribution in [3.05, 3.63) is 89.2 Å². The molecular formula is C24H14FN3OS. The van der Waals surface area contributed by atoms with Gasteiger partial charge in [0, 0.05) is 16.7 Å². The third kappa shape index (κ3) is 2.34. The van der Waals surface area contributed by atoms with Crippen LogP contribution in [0.5, 0.6) is 0 Å². The van der Waals surface area contributed by atoms with Crippen molar-refractivity contribution in [3.63, 3.8) is 0 Å². The number of halogens is 1. The average Bonchev–Trinajstić information content (AvgIpc) is 3.43. The third-order valence-corrected chi connectivity index (χ3v) is 6.44. The maximum atomic E-state index is 13.5. The topological polar surface area (TPSA) is 47.8 Å². The fraction of sp³-hybridized carbons (Fsp3) is 0.0417. The van der Waals surface area contributed by atoms with Gasteiger partial charge < -0.3 is 0 Å². The van der Waals surface area contributed by atoms with Gasteiger partial charge in [-0.3, -0.25) is 4.79 Å². The summed E-state index contributed by atoms with van der Waals surface area (Å²) < 4.78 is 16.3. The van der Waals surface area contributed by atoms with E-state index >= 15 is 0 Å². The van der Waals surface area contributed by atoms with Crippen LogP contribution in [0, 0.1) is 12.7 Å². The average molecular weight is 411 g/mol. The normalized spacial score (nSPS) is 12.4.